The van der Waals surface area contributed by atoms with Crippen molar-refractivity contribution in [2.45, 2.75) is 25.4 Å². The van der Waals surface area contributed by atoms with Gasteiger partial charge in [0.25, 0.3) is 0 Å². The molecule has 1 aromatic carbocycles. The standard InChI is InChI=1S/C17H21N3O3/c1-20-12-7-14(21-2)16(22-3)17(23-4)15(12)11(13(20)8-18)9-19-10-5-6-10/h7,10,19H,5-6,9H2,1-4H3. The van der Waals surface area contributed by atoms with Crippen LogP contribution in [0.2, 0.25) is 0 Å². The van der Waals surface area contributed by atoms with E-state index >= 15 is 0 Å². The lowest BCUT2D eigenvalue weighted by Gasteiger charge is -2.14. The Labute approximate surface area is 135 Å². The van der Waals surface area contributed by atoms with Gasteiger partial charge in [-0.15, -0.1) is 0 Å². The third kappa shape index (κ3) is 2.47. The first-order chi connectivity index (χ1) is 11.2. The summed E-state index contributed by atoms with van der Waals surface area (Å²) in [6, 6.07) is 4.75. The van der Waals surface area contributed by atoms with Gasteiger partial charge in [0.05, 0.1) is 32.2 Å². The van der Waals surface area contributed by atoms with E-state index in [-0.39, 0.29) is 0 Å². The Hall–Kier alpha value is -2.39. The highest BCUT2D eigenvalue weighted by molar-refractivity contribution is 5.96. The van der Waals surface area contributed by atoms with Crippen molar-refractivity contribution in [3.8, 4) is 23.3 Å². The Morgan fingerprint density at radius 3 is 2.43 bits per heavy atom. The average molecular weight is 315 g/mol. The van der Waals surface area contributed by atoms with Crippen LogP contribution in [0.25, 0.3) is 10.9 Å². The number of aryl methyl sites for hydroxylation is 1. The molecule has 1 heterocycles. The van der Waals surface area contributed by atoms with Gasteiger partial charge in [-0.3, -0.25) is 0 Å². The van der Waals surface area contributed by atoms with E-state index in [9.17, 15) is 5.26 Å². The van der Waals surface area contributed by atoms with Crippen molar-refractivity contribution in [1.82, 2.24) is 9.88 Å². The molecular formula is C17H21N3O3. The lowest BCUT2D eigenvalue weighted by atomic mass is 10.1. The van der Waals surface area contributed by atoms with E-state index in [1.807, 2.05) is 17.7 Å². The fourth-order valence-electron chi connectivity index (χ4n) is 2.99. The third-order valence-corrected chi connectivity index (χ3v) is 4.34. The first-order valence-corrected chi connectivity index (χ1v) is 7.59. The maximum absolute atomic E-state index is 9.60. The number of rotatable bonds is 6. The van der Waals surface area contributed by atoms with E-state index in [2.05, 4.69) is 11.4 Å². The summed E-state index contributed by atoms with van der Waals surface area (Å²) in [6.07, 6.45) is 2.39. The van der Waals surface area contributed by atoms with Gasteiger partial charge in [-0.2, -0.15) is 5.26 Å². The summed E-state index contributed by atoms with van der Waals surface area (Å²) in [5.74, 6) is 1.74. The number of nitrogens with zero attached hydrogens (tertiary/aromatic N) is 2. The second kappa shape index (κ2) is 6.01. The SMILES string of the molecule is COc1cc2c(c(CNC3CC3)c(C#N)n2C)c(OC)c1OC. The number of methoxy groups -OCH3 is 3. The molecule has 6 heteroatoms. The van der Waals surface area contributed by atoms with E-state index in [4.69, 9.17) is 14.2 Å². The van der Waals surface area contributed by atoms with Gasteiger partial charge in [-0.25, -0.2) is 0 Å². The van der Waals surface area contributed by atoms with Gasteiger partial charge >= 0.3 is 0 Å². The minimum Gasteiger partial charge on any atom is -0.493 e. The van der Waals surface area contributed by atoms with Crippen LogP contribution >= 0.6 is 0 Å². The molecule has 0 atom stereocenters. The fraction of sp³-hybridized carbons (Fsp3) is 0.471. The van der Waals surface area contributed by atoms with Crippen molar-refractivity contribution in [3.05, 3.63) is 17.3 Å². The molecule has 6 nitrogen and oxygen atoms in total. The zero-order chi connectivity index (χ0) is 16.6. The van der Waals surface area contributed by atoms with Crippen LogP contribution in [0, 0.1) is 11.3 Å². The predicted octanol–water partition coefficient (Wildman–Crippen LogP) is 2.33. The third-order valence-electron chi connectivity index (χ3n) is 4.34. The van der Waals surface area contributed by atoms with Crippen LogP contribution in [0.5, 0.6) is 17.2 Å². The van der Waals surface area contributed by atoms with Gasteiger partial charge < -0.3 is 24.1 Å². The molecule has 0 spiro atoms. The lowest BCUT2D eigenvalue weighted by Crippen LogP contribution is -2.16. The molecule has 1 aliphatic carbocycles. The summed E-state index contributed by atoms with van der Waals surface area (Å²) >= 11 is 0. The number of hydrogen-bond donors (Lipinski definition) is 1. The Morgan fingerprint density at radius 1 is 1.22 bits per heavy atom. The molecule has 122 valence electrons. The molecule has 2 aromatic rings. The normalized spacial score (nSPS) is 13.9. The number of benzene rings is 1. The Morgan fingerprint density at radius 2 is 1.91 bits per heavy atom. The fourth-order valence-corrected chi connectivity index (χ4v) is 2.99. The highest BCUT2D eigenvalue weighted by atomic mass is 16.5. The highest BCUT2D eigenvalue weighted by Crippen LogP contribution is 2.46. The van der Waals surface area contributed by atoms with E-state index < -0.39 is 0 Å². The maximum atomic E-state index is 9.60. The molecule has 0 saturated heterocycles. The molecule has 3 rings (SSSR count). The number of hydrogen-bond acceptors (Lipinski definition) is 5. The lowest BCUT2D eigenvalue weighted by molar-refractivity contribution is 0.327. The Balaban J connectivity index is 2.28. The summed E-state index contributed by atoms with van der Waals surface area (Å²) in [7, 11) is 6.66. The number of aromatic nitrogens is 1. The van der Waals surface area contributed by atoms with Crippen LogP contribution in [0.15, 0.2) is 6.07 Å². The molecule has 0 amide bonds. The molecule has 1 aliphatic rings. The molecular weight excluding hydrogens is 294 g/mol. The topological polar surface area (TPSA) is 68.4 Å². The number of fused-ring (bicyclic) bond motifs is 1. The van der Waals surface area contributed by atoms with E-state index in [0.29, 0.717) is 35.5 Å². The molecule has 0 radical (unpaired) electrons. The van der Waals surface area contributed by atoms with Crippen molar-refractivity contribution >= 4 is 10.9 Å². The summed E-state index contributed by atoms with van der Waals surface area (Å²) in [5, 5.41) is 14.0. The molecule has 23 heavy (non-hydrogen) atoms. The zero-order valence-electron chi connectivity index (χ0n) is 13.9. The van der Waals surface area contributed by atoms with Gasteiger partial charge in [0.15, 0.2) is 11.5 Å². The number of nitriles is 1. The average Bonchev–Trinajstić information content (AvgIpc) is 3.36. The molecule has 1 N–H and O–H groups in total. The van der Waals surface area contributed by atoms with Crippen molar-refractivity contribution in [2.75, 3.05) is 21.3 Å². The maximum Gasteiger partial charge on any atom is 0.204 e. The first-order valence-electron chi connectivity index (χ1n) is 7.59. The molecule has 0 bridgehead atoms. The quantitative estimate of drug-likeness (QED) is 0.886. The number of ether oxygens (including phenoxy) is 3. The van der Waals surface area contributed by atoms with Crippen LogP contribution < -0.4 is 19.5 Å². The van der Waals surface area contributed by atoms with Gasteiger partial charge in [0.2, 0.25) is 5.75 Å². The largest absolute Gasteiger partial charge is 0.493 e. The van der Waals surface area contributed by atoms with Crippen LogP contribution in [0.4, 0.5) is 0 Å². The van der Waals surface area contributed by atoms with Crippen LogP contribution in [-0.4, -0.2) is 31.9 Å². The minimum absolute atomic E-state index is 0.547. The van der Waals surface area contributed by atoms with E-state index in [1.165, 1.54) is 12.8 Å². The van der Waals surface area contributed by atoms with Gasteiger partial charge in [-0.1, -0.05) is 0 Å². The van der Waals surface area contributed by atoms with Crippen LogP contribution in [0.1, 0.15) is 24.1 Å². The molecule has 1 fully saturated rings. The summed E-state index contributed by atoms with van der Waals surface area (Å²) in [4.78, 5) is 0. The van der Waals surface area contributed by atoms with Gasteiger partial charge in [0.1, 0.15) is 11.8 Å². The zero-order valence-corrected chi connectivity index (χ0v) is 13.9. The molecule has 0 aliphatic heterocycles. The molecule has 1 saturated carbocycles. The summed E-state index contributed by atoms with van der Waals surface area (Å²) in [6.45, 7) is 0.636. The van der Waals surface area contributed by atoms with Crippen LogP contribution in [0.3, 0.4) is 0 Å². The van der Waals surface area contributed by atoms with E-state index in [1.54, 1.807) is 21.3 Å². The molecule has 1 aromatic heterocycles. The van der Waals surface area contributed by atoms with Crippen molar-refractivity contribution in [3.63, 3.8) is 0 Å². The summed E-state index contributed by atoms with van der Waals surface area (Å²) < 4.78 is 18.4. The van der Waals surface area contributed by atoms with Gasteiger partial charge in [0, 0.05) is 31.3 Å². The van der Waals surface area contributed by atoms with Gasteiger partial charge in [-0.05, 0) is 12.8 Å². The summed E-state index contributed by atoms with van der Waals surface area (Å²) in [5.41, 5.74) is 2.46. The second-order valence-corrected chi connectivity index (χ2v) is 5.69. The van der Waals surface area contributed by atoms with Crippen molar-refractivity contribution < 1.29 is 14.2 Å². The smallest absolute Gasteiger partial charge is 0.204 e. The Bertz CT molecular complexity index is 785. The Kier molecular flexibility index (Phi) is 4.05. The van der Waals surface area contributed by atoms with Crippen molar-refractivity contribution in [1.29, 1.82) is 5.26 Å². The predicted molar refractivity (Wildman–Crippen MR) is 87.2 cm³/mol. The van der Waals surface area contributed by atoms with Crippen LogP contribution in [-0.2, 0) is 13.6 Å². The van der Waals surface area contributed by atoms with Crippen molar-refractivity contribution in [2.24, 2.45) is 7.05 Å². The van der Waals surface area contributed by atoms with E-state index in [0.717, 1.165) is 16.5 Å². The second-order valence-electron chi connectivity index (χ2n) is 5.69. The molecule has 0 unspecified atom stereocenters. The first kappa shape index (κ1) is 15.5. The minimum atomic E-state index is 0.547. The number of nitrogens with one attached hydrogen (secondary N) is 1. The monoisotopic (exact) mass is 315 g/mol. The highest BCUT2D eigenvalue weighted by Gasteiger charge is 2.26.